The van der Waals surface area contributed by atoms with Crippen LogP contribution in [0.15, 0.2) is 0 Å². The molecule has 0 saturated carbocycles. The summed E-state index contributed by atoms with van der Waals surface area (Å²) in [5.41, 5.74) is -0.680. The van der Waals surface area contributed by atoms with Crippen molar-refractivity contribution in [3.05, 3.63) is 0 Å². The van der Waals surface area contributed by atoms with Gasteiger partial charge in [0.1, 0.15) is 11.6 Å². The highest BCUT2D eigenvalue weighted by molar-refractivity contribution is 5.82. The molecule has 24 heavy (non-hydrogen) atoms. The smallest absolute Gasteiger partial charge is 0.408 e. The fourth-order valence-electron chi connectivity index (χ4n) is 1.77. The fraction of sp³-hybridized carbons (Fsp3) is 0.812. The van der Waals surface area contributed by atoms with E-state index in [2.05, 4.69) is 10.1 Å². The van der Waals surface area contributed by atoms with Gasteiger partial charge in [-0.15, -0.1) is 0 Å². The molecule has 2 amide bonds. The molecule has 0 unspecified atom stereocenters. The Hall–Kier alpha value is -1.83. The van der Waals surface area contributed by atoms with E-state index in [1.54, 1.807) is 27.8 Å². The molecule has 8 heteroatoms. The first kappa shape index (κ1) is 22.2. The van der Waals surface area contributed by atoms with E-state index in [-0.39, 0.29) is 18.7 Å². The zero-order valence-corrected chi connectivity index (χ0v) is 15.5. The second-order valence-corrected chi connectivity index (χ2v) is 6.27. The SMILES string of the molecule is CCOCCN(C)C(=O)CC[C@H](NC(=O)OC(C)(C)C)C(=O)OC. The van der Waals surface area contributed by atoms with Crippen LogP contribution in [0.25, 0.3) is 0 Å². The van der Waals surface area contributed by atoms with Gasteiger partial charge in [-0.3, -0.25) is 4.79 Å². The molecule has 0 aromatic rings. The number of esters is 1. The topological polar surface area (TPSA) is 94.2 Å². The Kier molecular flexibility index (Phi) is 10.0. The number of methoxy groups -OCH3 is 1. The van der Waals surface area contributed by atoms with E-state index in [1.165, 1.54) is 12.0 Å². The van der Waals surface area contributed by atoms with Crippen LogP contribution in [0.5, 0.6) is 0 Å². The molecule has 0 aliphatic heterocycles. The van der Waals surface area contributed by atoms with E-state index < -0.39 is 23.7 Å². The normalized spacial score (nSPS) is 12.2. The molecule has 8 nitrogen and oxygen atoms in total. The number of likely N-dealkylation sites (N-methyl/N-ethyl adjacent to an activating group) is 1. The lowest BCUT2D eigenvalue weighted by molar-refractivity contribution is -0.143. The van der Waals surface area contributed by atoms with Crippen LogP contribution in [0, 0.1) is 0 Å². The molecule has 0 fully saturated rings. The summed E-state index contributed by atoms with van der Waals surface area (Å²) >= 11 is 0. The number of carbonyl (C=O) groups excluding carboxylic acids is 3. The number of alkyl carbamates (subject to hydrolysis) is 1. The van der Waals surface area contributed by atoms with Crippen molar-refractivity contribution in [2.45, 2.75) is 52.2 Å². The van der Waals surface area contributed by atoms with Gasteiger partial charge < -0.3 is 24.4 Å². The Morgan fingerprint density at radius 3 is 2.33 bits per heavy atom. The predicted octanol–water partition coefficient (Wildman–Crippen LogP) is 1.33. The molecule has 0 aromatic heterocycles. The van der Waals surface area contributed by atoms with Crippen molar-refractivity contribution in [2.75, 3.05) is 33.9 Å². The third-order valence-electron chi connectivity index (χ3n) is 3.02. The highest BCUT2D eigenvalue weighted by Crippen LogP contribution is 2.09. The van der Waals surface area contributed by atoms with Gasteiger partial charge in [-0.1, -0.05) is 0 Å². The number of amides is 2. The molecule has 0 spiro atoms. The third kappa shape index (κ3) is 10.0. The first-order valence-electron chi connectivity index (χ1n) is 7.99. The molecule has 0 saturated heterocycles. The molecule has 0 bridgehead atoms. The number of ether oxygens (including phenoxy) is 3. The molecule has 0 aliphatic rings. The van der Waals surface area contributed by atoms with Crippen LogP contribution in [0.3, 0.4) is 0 Å². The van der Waals surface area contributed by atoms with Crippen LogP contribution in [0.2, 0.25) is 0 Å². The lowest BCUT2D eigenvalue weighted by atomic mass is 10.1. The zero-order chi connectivity index (χ0) is 18.8. The van der Waals surface area contributed by atoms with Crippen LogP contribution < -0.4 is 5.32 Å². The van der Waals surface area contributed by atoms with Gasteiger partial charge >= 0.3 is 12.1 Å². The van der Waals surface area contributed by atoms with Crippen molar-refractivity contribution in [2.24, 2.45) is 0 Å². The van der Waals surface area contributed by atoms with E-state index >= 15 is 0 Å². The van der Waals surface area contributed by atoms with Crippen molar-refractivity contribution < 1.29 is 28.6 Å². The number of carbonyl (C=O) groups is 3. The van der Waals surface area contributed by atoms with Gasteiger partial charge in [0.2, 0.25) is 5.91 Å². The van der Waals surface area contributed by atoms with Crippen LogP contribution in [0.4, 0.5) is 4.79 Å². The lowest BCUT2D eigenvalue weighted by Gasteiger charge is -2.23. The average Bonchev–Trinajstić information content (AvgIpc) is 2.48. The Morgan fingerprint density at radius 2 is 1.83 bits per heavy atom. The van der Waals surface area contributed by atoms with Crippen molar-refractivity contribution in [3.8, 4) is 0 Å². The molecular formula is C16H30N2O6. The van der Waals surface area contributed by atoms with Gasteiger partial charge in [-0.05, 0) is 34.1 Å². The Bertz CT molecular complexity index is 419. The maximum atomic E-state index is 12.0. The molecule has 0 heterocycles. The Labute approximate surface area is 143 Å². The molecule has 1 N–H and O–H groups in total. The van der Waals surface area contributed by atoms with Crippen LogP contribution >= 0.6 is 0 Å². The molecule has 0 aliphatic carbocycles. The quantitative estimate of drug-likeness (QED) is 0.500. The number of hydrogen-bond donors (Lipinski definition) is 1. The summed E-state index contributed by atoms with van der Waals surface area (Å²) in [7, 11) is 2.89. The number of rotatable bonds is 9. The summed E-state index contributed by atoms with van der Waals surface area (Å²) in [6, 6.07) is -0.936. The lowest BCUT2D eigenvalue weighted by Crippen LogP contribution is -2.44. The van der Waals surface area contributed by atoms with E-state index in [1.807, 2.05) is 6.92 Å². The summed E-state index contributed by atoms with van der Waals surface area (Å²) in [6.45, 7) is 8.55. The second-order valence-electron chi connectivity index (χ2n) is 6.27. The first-order valence-corrected chi connectivity index (χ1v) is 7.99. The minimum Gasteiger partial charge on any atom is -0.467 e. The zero-order valence-electron chi connectivity index (χ0n) is 15.5. The van der Waals surface area contributed by atoms with E-state index in [0.29, 0.717) is 19.8 Å². The summed E-state index contributed by atoms with van der Waals surface area (Å²) in [5, 5.41) is 2.44. The van der Waals surface area contributed by atoms with Crippen LogP contribution in [-0.2, 0) is 23.8 Å². The molecule has 0 radical (unpaired) electrons. The van der Waals surface area contributed by atoms with Crippen molar-refractivity contribution in [1.82, 2.24) is 10.2 Å². The number of nitrogens with zero attached hydrogens (tertiary/aromatic N) is 1. The second kappa shape index (κ2) is 10.9. The van der Waals surface area contributed by atoms with E-state index in [4.69, 9.17) is 9.47 Å². The van der Waals surface area contributed by atoms with Gasteiger partial charge in [0.15, 0.2) is 0 Å². The van der Waals surface area contributed by atoms with Crippen molar-refractivity contribution in [3.63, 3.8) is 0 Å². The maximum Gasteiger partial charge on any atom is 0.408 e. The molecule has 140 valence electrons. The van der Waals surface area contributed by atoms with Crippen LogP contribution in [-0.4, -0.2) is 68.4 Å². The molecular weight excluding hydrogens is 316 g/mol. The standard InChI is InChI=1S/C16H30N2O6/c1-7-23-11-10-18(5)13(19)9-8-12(14(20)22-6)17-15(21)24-16(2,3)4/h12H,7-11H2,1-6H3,(H,17,21)/t12-/m0/s1. The van der Waals surface area contributed by atoms with Crippen LogP contribution in [0.1, 0.15) is 40.5 Å². The molecule has 0 rings (SSSR count). The highest BCUT2D eigenvalue weighted by Gasteiger charge is 2.26. The third-order valence-corrected chi connectivity index (χ3v) is 3.02. The monoisotopic (exact) mass is 346 g/mol. The first-order chi connectivity index (χ1) is 11.1. The summed E-state index contributed by atoms with van der Waals surface area (Å²) in [4.78, 5) is 37.1. The van der Waals surface area contributed by atoms with Crippen molar-refractivity contribution in [1.29, 1.82) is 0 Å². The van der Waals surface area contributed by atoms with Gasteiger partial charge in [-0.25, -0.2) is 9.59 Å². The number of nitrogens with one attached hydrogen (secondary N) is 1. The molecule has 0 aromatic carbocycles. The fourth-order valence-corrected chi connectivity index (χ4v) is 1.77. The minimum absolute atomic E-state index is 0.0954. The largest absolute Gasteiger partial charge is 0.467 e. The number of hydrogen-bond acceptors (Lipinski definition) is 6. The maximum absolute atomic E-state index is 12.0. The summed E-state index contributed by atoms with van der Waals surface area (Å²) in [6.07, 6.45) is -0.503. The van der Waals surface area contributed by atoms with Gasteiger partial charge in [0.05, 0.1) is 13.7 Å². The van der Waals surface area contributed by atoms with Crippen molar-refractivity contribution >= 4 is 18.0 Å². The van der Waals surface area contributed by atoms with E-state index in [9.17, 15) is 14.4 Å². The average molecular weight is 346 g/mol. The van der Waals surface area contributed by atoms with E-state index in [0.717, 1.165) is 0 Å². The highest BCUT2D eigenvalue weighted by atomic mass is 16.6. The van der Waals surface area contributed by atoms with Gasteiger partial charge in [0.25, 0.3) is 0 Å². The summed E-state index contributed by atoms with van der Waals surface area (Å²) in [5.74, 6) is -0.764. The summed E-state index contributed by atoms with van der Waals surface area (Å²) < 4.78 is 15.0. The predicted molar refractivity (Wildman–Crippen MR) is 88.5 cm³/mol. The minimum atomic E-state index is -0.936. The Balaban J connectivity index is 4.50. The molecule has 1 atom stereocenters. The van der Waals surface area contributed by atoms with Gasteiger partial charge in [-0.2, -0.15) is 0 Å². The Morgan fingerprint density at radius 1 is 1.21 bits per heavy atom. The van der Waals surface area contributed by atoms with Gasteiger partial charge in [0, 0.05) is 26.6 Å².